The summed E-state index contributed by atoms with van der Waals surface area (Å²) in [6, 6.07) is 26.9. The standard InChI is InChI=1S/C33H28BrN3O6S/c1-3-42-29-17-24(28(34)19-30(29)43-21-23-9-13-26(14-10-23)37(39)40)18-31-32(38)36(20-22-11-15-27(41-2)16-12-22)33(44-31)35-25-7-5-4-6-8-25/h4-19H,3,20-21H2,1-2H3/b31-18-,35-33?. The van der Waals surface area contributed by atoms with Crippen molar-refractivity contribution in [2.24, 2.45) is 4.99 Å². The van der Waals surface area contributed by atoms with Gasteiger partial charge in [-0.05, 0) is 90.0 Å². The molecule has 1 aliphatic heterocycles. The van der Waals surface area contributed by atoms with Gasteiger partial charge >= 0.3 is 0 Å². The van der Waals surface area contributed by atoms with Gasteiger partial charge in [0.15, 0.2) is 16.7 Å². The lowest BCUT2D eigenvalue weighted by Crippen LogP contribution is -2.28. The Hall–Kier alpha value is -4.61. The molecule has 44 heavy (non-hydrogen) atoms. The number of aliphatic imine (C=N–C) groups is 1. The molecule has 11 heteroatoms. The van der Waals surface area contributed by atoms with E-state index in [1.165, 1.54) is 23.9 Å². The summed E-state index contributed by atoms with van der Waals surface area (Å²) in [4.78, 5) is 31.3. The first-order valence-electron chi connectivity index (χ1n) is 13.6. The van der Waals surface area contributed by atoms with Crippen molar-refractivity contribution in [3.8, 4) is 17.2 Å². The largest absolute Gasteiger partial charge is 0.497 e. The van der Waals surface area contributed by atoms with Crippen LogP contribution in [-0.2, 0) is 17.9 Å². The van der Waals surface area contributed by atoms with Gasteiger partial charge in [0.25, 0.3) is 11.6 Å². The van der Waals surface area contributed by atoms with Crippen molar-refractivity contribution in [1.82, 2.24) is 4.90 Å². The van der Waals surface area contributed by atoms with Crippen molar-refractivity contribution in [2.75, 3.05) is 13.7 Å². The van der Waals surface area contributed by atoms with Crippen LogP contribution in [0.4, 0.5) is 11.4 Å². The highest BCUT2D eigenvalue weighted by Crippen LogP contribution is 2.39. The van der Waals surface area contributed by atoms with E-state index in [9.17, 15) is 14.9 Å². The van der Waals surface area contributed by atoms with Crippen LogP contribution in [-0.4, -0.2) is 34.6 Å². The normalized spacial score (nSPS) is 14.7. The van der Waals surface area contributed by atoms with E-state index < -0.39 is 4.92 Å². The van der Waals surface area contributed by atoms with E-state index in [0.717, 1.165) is 28.1 Å². The molecule has 224 valence electrons. The Morgan fingerprint density at radius 1 is 0.955 bits per heavy atom. The van der Waals surface area contributed by atoms with Crippen LogP contribution in [0.25, 0.3) is 6.08 Å². The first-order valence-corrected chi connectivity index (χ1v) is 15.3. The summed E-state index contributed by atoms with van der Waals surface area (Å²) in [5, 5.41) is 11.5. The third-order valence-electron chi connectivity index (χ3n) is 6.56. The van der Waals surface area contributed by atoms with Crippen LogP contribution in [0, 0.1) is 10.1 Å². The molecule has 0 bridgehead atoms. The maximum absolute atomic E-state index is 13.8. The van der Waals surface area contributed by atoms with Crippen molar-refractivity contribution in [3.63, 3.8) is 0 Å². The van der Waals surface area contributed by atoms with Gasteiger partial charge in [-0.3, -0.25) is 19.8 Å². The topological polar surface area (TPSA) is 104 Å². The van der Waals surface area contributed by atoms with E-state index in [-0.39, 0.29) is 18.2 Å². The second-order valence-corrected chi connectivity index (χ2v) is 11.4. The number of para-hydroxylation sites is 1. The number of nitro benzene ring substituents is 1. The molecule has 0 atom stereocenters. The molecular formula is C33H28BrN3O6S. The van der Waals surface area contributed by atoms with Crippen LogP contribution < -0.4 is 14.2 Å². The minimum atomic E-state index is -0.440. The second-order valence-electron chi connectivity index (χ2n) is 9.55. The molecule has 0 aromatic heterocycles. The number of nitro groups is 1. The SMILES string of the molecule is CCOc1cc(/C=C2\SC(=Nc3ccccc3)N(Cc3ccc(OC)cc3)C2=O)c(Br)cc1OCc1ccc([N+](=O)[O-])cc1. The van der Waals surface area contributed by atoms with Crippen LogP contribution in [0.5, 0.6) is 17.2 Å². The Labute approximate surface area is 267 Å². The summed E-state index contributed by atoms with van der Waals surface area (Å²) in [7, 11) is 1.62. The maximum atomic E-state index is 13.8. The van der Waals surface area contributed by atoms with Crippen LogP contribution in [0.2, 0.25) is 0 Å². The van der Waals surface area contributed by atoms with Gasteiger partial charge in [0.1, 0.15) is 12.4 Å². The molecule has 0 N–H and O–H groups in total. The summed E-state index contributed by atoms with van der Waals surface area (Å²) < 4.78 is 17.9. The number of rotatable bonds is 11. The molecule has 0 aliphatic carbocycles. The highest BCUT2D eigenvalue weighted by Gasteiger charge is 2.34. The van der Waals surface area contributed by atoms with E-state index >= 15 is 0 Å². The molecule has 0 spiro atoms. The average Bonchev–Trinajstić information content (AvgIpc) is 3.31. The summed E-state index contributed by atoms with van der Waals surface area (Å²) in [6.45, 7) is 2.82. The number of amides is 1. The maximum Gasteiger partial charge on any atom is 0.269 e. The molecule has 9 nitrogen and oxygen atoms in total. The predicted molar refractivity (Wildman–Crippen MR) is 175 cm³/mol. The molecule has 1 fully saturated rings. The number of non-ortho nitro benzene ring substituents is 1. The second kappa shape index (κ2) is 14.2. The molecule has 0 saturated carbocycles. The van der Waals surface area contributed by atoms with Crippen molar-refractivity contribution in [1.29, 1.82) is 0 Å². The summed E-state index contributed by atoms with van der Waals surface area (Å²) in [6.07, 6.45) is 1.81. The summed E-state index contributed by atoms with van der Waals surface area (Å²) in [5.41, 5.74) is 3.21. The molecule has 1 saturated heterocycles. The monoisotopic (exact) mass is 673 g/mol. The number of hydrogen-bond acceptors (Lipinski definition) is 8. The number of benzene rings is 4. The Balaban J connectivity index is 1.42. The van der Waals surface area contributed by atoms with Gasteiger partial charge in [0.2, 0.25) is 0 Å². The minimum Gasteiger partial charge on any atom is -0.497 e. The van der Waals surface area contributed by atoms with E-state index in [0.29, 0.717) is 39.2 Å². The van der Waals surface area contributed by atoms with Crippen molar-refractivity contribution in [2.45, 2.75) is 20.1 Å². The Kier molecular flexibility index (Phi) is 9.98. The first kappa shape index (κ1) is 30.8. The van der Waals surface area contributed by atoms with Gasteiger partial charge in [-0.1, -0.05) is 46.3 Å². The van der Waals surface area contributed by atoms with Gasteiger partial charge in [-0.25, -0.2) is 4.99 Å². The number of carbonyl (C=O) groups excluding carboxylic acids is 1. The summed E-state index contributed by atoms with van der Waals surface area (Å²) >= 11 is 4.94. The van der Waals surface area contributed by atoms with E-state index in [2.05, 4.69) is 15.9 Å². The zero-order chi connectivity index (χ0) is 31.1. The van der Waals surface area contributed by atoms with Crippen LogP contribution >= 0.6 is 27.7 Å². The Morgan fingerprint density at radius 3 is 2.30 bits per heavy atom. The molecule has 0 radical (unpaired) electrons. The smallest absolute Gasteiger partial charge is 0.269 e. The summed E-state index contributed by atoms with van der Waals surface area (Å²) in [5.74, 6) is 1.58. The molecule has 1 aliphatic rings. The van der Waals surface area contributed by atoms with Gasteiger partial charge in [-0.15, -0.1) is 0 Å². The molecule has 4 aromatic carbocycles. The third kappa shape index (κ3) is 7.47. The number of amidine groups is 1. The lowest BCUT2D eigenvalue weighted by atomic mass is 10.1. The number of nitrogens with zero attached hydrogens (tertiary/aromatic N) is 3. The predicted octanol–water partition coefficient (Wildman–Crippen LogP) is 8.15. The van der Waals surface area contributed by atoms with Crippen LogP contribution in [0.1, 0.15) is 23.6 Å². The number of thioether (sulfide) groups is 1. The Morgan fingerprint density at radius 2 is 1.64 bits per heavy atom. The van der Waals surface area contributed by atoms with Gasteiger partial charge < -0.3 is 14.2 Å². The minimum absolute atomic E-state index is 0.0164. The molecule has 1 heterocycles. The van der Waals surface area contributed by atoms with E-state index in [1.54, 1.807) is 30.2 Å². The highest BCUT2D eigenvalue weighted by molar-refractivity contribution is 9.10. The average molecular weight is 675 g/mol. The quantitative estimate of drug-likeness (QED) is 0.0899. The molecule has 4 aromatic rings. The first-order chi connectivity index (χ1) is 21.3. The molecule has 5 rings (SSSR count). The van der Waals surface area contributed by atoms with Crippen molar-refractivity contribution >= 4 is 56.2 Å². The van der Waals surface area contributed by atoms with Crippen LogP contribution in [0.15, 0.2) is 105 Å². The van der Waals surface area contributed by atoms with Gasteiger partial charge in [-0.2, -0.15) is 0 Å². The van der Waals surface area contributed by atoms with E-state index in [1.807, 2.05) is 73.7 Å². The lowest BCUT2D eigenvalue weighted by Gasteiger charge is -2.16. The Bertz CT molecular complexity index is 1710. The van der Waals surface area contributed by atoms with Crippen molar-refractivity contribution < 1.29 is 23.9 Å². The van der Waals surface area contributed by atoms with Crippen molar-refractivity contribution in [3.05, 3.63) is 127 Å². The third-order valence-corrected chi connectivity index (χ3v) is 8.25. The fourth-order valence-electron chi connectivity index (χ4n) is 4.32. The zero-order valence-electron chi connectivity index (χ0n) is 23.9. The number of carbonyl (C=O) groups is 1. The van der Waals surface area contributed by atoms with E-state index in [4.69, 9.17) is 19.2 Å². The lowest BCUT2D eigenvalue weighted by molar-refractivity contribution is -0.384. The highest BCUT2D eigenvalue weighted by atomic mass is 79.9. The van der Waals surface area contributed by atoms with Crippen LogP contribution in [0.3, 0.4) is 0 Å². The number of methoxy groups -OCH3 is 1. The fraction of sp³-hybridized carbons (Fsp3) is 0.152. The van der Waals surface area contributed by atoms with Gasteiger partial charge in [0, 0.05) is 16.6 Å². The zero-order valence-corrected chi connectivity index (χ0v) is 26.3. The molecule has 1 amide bonds. The van der Waals surface area contributed by atoms with Gasteiger partial charge in [0.05, 0.1) is 35.8 Å². The number of hydrogen-bond donors (Lipinski definition) is 0. The number of halogens is 1. The molecule has 0 unspecified atom stereocenters. The molecular weight excluding hydrogens is 646 g/mol. The fourth-order valence-corrected chi connectivity index (χ4v) is 5.74. The number of ether oxygens (including phenoxy) is 3.